The van der Waals surface area contributed by atoms with Crippen LogP contribution in [0.2, 0.25) is 0 Å². The first-order valence-electron chi connectivity index (χ1n) is 5.52. The Hall–Kier alpha value is -1.52. The second kappa shape index (κ2) is 4.15. The molecule has 2 saturated heterocycles. The molecule has 2 aliphatic rings. The van der Waals surface area contributed by atoms with E-state index in [1.807, 2.05) is 0 Å². The lowest BCUT2D eigenvalue weighted by Gasteiger charge is -2.17. The van der Waals surface area contributed by atoms with E-state index < -0.39 is 6.09 Å². The van der Waals surface area contributed by atoms with Gasteiger partial charge < -0.3 is 9.84 Å². The molecule has 0 saturated carbocycles. The van der Waals surface area contributed by atoms with E-state index in [0.717, 1.165) is 18.4 Å². The van der Waals surface area contributed by atoms with E-state index in [2.05, 4.69) is 0 Å². The lowest BCUT2D eigenvalue weighted by molar-refractivity contribution is -0.137. The van der Waals surface area contributed by atoms with Crippen molar-refractivity contribution in [2.45, 2.75) is 38.3 Å². The number of carbonyl (C=O) groups is 2. The van der Waals surface area contributed by atoms with E-state index in [1.165, 1.54) is 11.0 Å². The van der Waals surface area contributed by atoms with Gasteiger partial charge in [-0.1, -0.05) is 0 Å². The third-order valence-electron chi connectivity index (χ3n) is 3.21. The van der Waals surface area contributed by atoms with Crippen molar-refractivity contribution in [3.8, 4) is 0 Å². The van der Waals surface area contributed by atoms with Gasteiger partial charge in [-0.3, -0.25) is 4.90 Å². The molecule has 1 unspecified atom stereocenters. The highest BCUT2D eigenvalue weighted by atomic mass is 16.5. The summed E-state index contributed by atoms with van der Waals surface area (Å²) in [5, 5.41) is 9.03. The van der Waals surface area contributed by atoms with Crippen LogP contribution in [-0.4, -0.2) is 40.8 Å². The van der Waals surface area contributed by atoms with Crippen LogP contribution in [0.4, 0.5) is 4.79 Å². The van der Waals surface area contributed by atoms with Crippen molar-refractivity contribution in [2.75, 3.05) is 6.61 Å². The summed E-state index contributed by atoms with van der Waals surface area (Å²) in [5.74, 6) is -0.365. The molecule has 88 valence electrons. The van der Waals surface area contributed by atoms with Crippen molar-refractivity contribution in [1.29, 1.82) is 0 Å². The lowest BCUT2D eigenvalue weighted by atomic mass is 9.95. The molecule has 5 nitrogen and oxygen atoms in total. The molecule has 2 atom stereocenters. The fourth-order valence-electron chi connectivity index (χ4n) is 2.64. The summed E-state index contributed by atoms with van der Waals surface area (Å²) in [6.45, 7) is 2.10. The molecule has 2 heterocycles. The van der Waals surface area contributed by atoms with E-state index in [1.54, 1.807) is 6.92 Å². The summed E-state index contributed by atoms with van der Waals surface area (Å²) in [6, 6.07) is -0.0462. The third kappa shape index (κ3) is 1.77. The standard InChI is InChI=1S/C11H15NO4/c1-2-16-10(13)6-7-5-8-3-4-9(7)12(8)11(14)15/h6,8-9H,2-5H2,1H3,(H,14,15)/t8-,9?/m1/s1. The Morgan fingerprint density at radius 3 is 2.88 bits per heavy atom. The second-order valence-corrected chi connectivity index (χ2v) is 4.11. The summed E-state index contributed by atoms with van der Waals surface area (Å²) in [4.78, 5) is 23.8. The molecule has 5 heteroatoms. The maximum absolute atomic E-state index is 11.3. The second-order valence-electron chi connectivity index (χ2n) is 4.11. The fraction of sp³-hybridized carbons (Fsp3) is 0.636. The average Bonchev–Trinajstić information content (AvgIpc) is 2.74. The Kier molecular flexibility index (Phi) is 2.85. The highest BCUT2D eigenvalue weighted by Gasteiger charge is 2.45. The van der Waals surface area contributed by atoms with Crippen LogP contribution in [0.5, 0.6) is 0 Å². The van der Waals surface area contributed by atoms with Crippen molar-refractivity contribution in [2.24, 2.45) is 0 Å². The lowest BCUT2D eigenvalue weighted by Crippen LogP contribution is -2.33. The van der Waals surface area contributed by atoms with Gasteiger partial charge in [0.1, 0.15) is 0 Å². The first kappa shape index (κ1) is 11.0. The van der Waals surface area contributed by atoms with Crippen LogP contribution >= 0.6 is 0 Å². The third-order valence-corrected chi connectivity index (χ3v) is 3.21. The predicted octanol–water partition coefficient (Wildman–Crippen LogP) is 1.39. The number of nitrogens with zero attached hydrogens (tertiary/aromatic N) is 1. The number of hydrogen-bond donors (Lipinski definition) is 1. The van der Waals surface area contributed by atoms with Crippen molar-refractivity contribution >= 4 is 12.1 Å². The summed E-state index contributed by atoms with van der Waals surface area (Å²) in [6.07, 6.45) is 2.97. The van der Waals surface area contributed by atoms with E-state index in [4.69, 9.17) is 9.84 Å². The van der Waals surface area contributed by atoms with Gasteiger partial charge in [-0.15, -0.1) is 0 Å². The van der Waals surface area contributed by atoms with Gasteiger partial charge in [0.05, 0.1) is 12.6 Å². The molecule has 0 aromatic heterocycles. The molecule has 0 aromatic carbocycles. The number of fused-ring (bicyclic) bond motifs is 2. The number of ether oxygens (including phenoxy) is 1. The van der Waals surface area contributed by atoms with E-state index in [9.17, 15) is 9.59 Å². The van der Waals surface area contributed by atoms with Crippen LogP contribution in [0.3, 0.4) is 0 Å². The molecule has 0 aromatic rings. The molecular weight excluding hydrogens is 210 g/mol. The molecule has 1 amide bonds. The van der Waals surface area contributed by atoms with Crippen LogP contribution in [0.1, 0.15) is 26.2 Å². The maximum atomic E-state index is 11.3. The smallest absolute Gasteiger partial charge is 0.408 e. The van der Waals surface area contributed by atoms with Gasteiger partial charge in [0.2, 0.25) is 0 Å². The number of rotatable bonds is 2. The zero-order valence-electron chi connectivity index (χ0n) is 9.18. The normalized spacial score (nSPS) is 29.8. The summed E-state index contributed by atoms with van der Waals surface area (Å²) >= 11 is 0. The van der Waals surface area contributed by atoms with Gasteiger partial charge in [0.15, 0.2) is 0 Å². The Labute approximate surface area is 93.7 Å². The molecule has 2 rings (SSSR count). The molecule has 1 N–H and O–H groups in total. The minimum absolute atomic E-state index is 0.0585. The molecule has 2 fully saturated rings. The van der Waals surface area contributed by atoms with Gasteiger partial charge in [-0.05, 0) is 31.8 Å². The Morgan fingerprint density at radius 2 is 2.31 bits per heavy atom. The van der Waals surface area contributed by atoms with Gasteiger partial charge in [-0.2, -0.15) is 0 Å². The quantitative estimate of drug-likeness (QED) is 0.569. The Balaban J connectivity index is 2.11. The average molecular weight is 225 g/mol. The van der Waals surface area contributed by atoms with Crippen LogP contribution < -0.4 is 0 Å². The minimum atomic E-state index is -0.889. The summed E-state index contributed by atoms with van der Waals surface area (Å²) in [7, 11) is 0. The first-order valence-corrected chi connectivity index (χ1v) is 5.52. The highest BCUT2D eigenvalue weighted by molar-refractivity contribution is 5.83. The predicted molar refractivity (Wildman–Crippen MR) is 56.0 cm³/mol. The fourth-order valence-corrected chi connectivity index (χ4v) is 2.64. The van der Waals surface area contributed by atoms with Gasteiger partial charge in [-0.25, -0.2) is 9.59 Å². The van der Waals surface area contributed by atoms with Crippen LogP contribution in [0.25, 0.3) is 0 Å². The Morgan fingerprint density at radius 1 is 1.56 bits per heavy atom. The number of carbonyl (C=O) groups excluding carboxylic acids is 1. The minimum Gasteiger partial charge on any atom is -0.465 e. The number of esters is 1. The number of amides is 1. The van der Waals surface area contributed by atoms with Crippen molar-refractivity contribution < 1.29 is 19.4 Å². The topological polar surface area (TPSA) is 66.8 Å². The summed E-state index contributed by atoms with van der Waals surface area (Å²) < 4.78 is 4.83. The zero-order chi connectivity index (χ0) is 11.7. The molecule has 2 bridgehead atoms. The molecule has 0 radical (unpaired) electrons. The van der Waals surface area contributed by atoms with Crippen LogP contribution in [-0.2, 0) is 9.53 Å². The zero-order valence-corrected chi connectivity index (χ0v) is 9.18. The maximum Gasteiger partial charge on any atom is 0.408 e. The van der Waals surface area contributed by atoms with Crippen molar-refractivity contribution in [3.63, 3.8) is 0 Å². The largest absolute Gasteiger partial charge is 0.465 e. The molecular formula is C11H15NO4. The van der Waals surface area contributed by atoms with Crippen molar-refractivity contribution in [1.82, 2.24) is 4.90 Å². The Bertz CT molecular complexity index is 350. The molecule has 0 spiro atoms. The van der Waals surface area contributed by atoms with E-state index >= 15 is 0 Å². The number of hydrogen-bond acceptors (Lipinski definition) is 3. The number of carboxylic acid groups (broad SMARTS) is 1. The SMILES string of the molecule is CCOC(=O)C=C1C[C@H]2CCC1N2C(=O)O. The van der Waals surface area contributed by atoms with Gasteiger partial charge >= 0.3 is 12.1 Å². The van der Waals surface area contributed by atoms with E-state index in [-0.39, 0.29) is 18.1 Å². The summed E-state index contributed by atoms with van der Waals surface area (Å²) in [5.41, 5.74) is 0.900. The highest BCUT2D eigenvalue weighted by Crippen LogP contribution is 2.41. The molecule has 16 heavy (non-hydrogen) atoms. The molecule has 0 aliphatic carbocycles. The molecule has 2 aliphatic heterocycles. The van der Waals surface area contributed by atoms with Gasteiger partial charge in [0, 0.05) is 12.1 Å². The van der Waals surface area contributed by atoms with Crippen LogP contribution in [0, 0.1) is 0 Å². The monoisotopic (exact) mass is 225 g/mol. The van der Waals surface area contributed by atoms with Crippen molar-refractivity contribution in [3.05, 3.63) is 11.6 Å². The van der Waals surface area contributed by atoms with Crippen LogP contribution in [0.15, 0.2) is 11.6 Å². The van der Waals surface area contributed by atoms with E-state index in [0.29, 0.717) is 13.0 Å². The first-order chi connectivity index (χ1) is 7.63. The van der Waals surface area contributed by atoms with Gasteiger partial charge in [0.25, 0.3) is 0 Å².